The highest BCUT2D eigenvalue weighted by Gasteiger charge is 2.21. The van der Waals surface area contributed by atoms with Crippen LogP contribution in [-0.4, -0.2) is 38.4 Å². The topological polar surface area (TPSA) is 72.9 Å². The molecule has 0 amide bonds. The molecule has 0 aromatic heterocycles. The molecule has 0 unspecified atom stereocenters. The van der Waals surface area contributed by atoms with Crippen LogP contribution in [0.2, 0.25) is 0 Å². The van der Waals surface area contributed by atoms with Crippen LogP contribution in [0.4, 0.5) is 0 Å². The number of benzene rings is 2. The smallest absolute Gasteiger partial charge is 0.338 e. The van der Waals surface area contributed by atoms with E-state index in [9.17, 15) is 13.2 Å². The Morgan fingerprint density at radius 1 is 0.963 bits per heavy atom. The number of sulfonamides is 1. The van der Waals surface area contributed by atoms with Crippen molar-refractivity contribution in [2.75, 3.05) is 19.7 Å². The lowest BCUT2D eigenvalue weighted by atomic mass is 10.2. The van der Waals surface area contributed by atoms with Crippen molar-refractivity contribution in [3.63, 3.8) is 0 Å². The summed E-state index contributed by atoms with van der Waals surface area (Å²) < 4.78 is 37.2. The molecule has 0 aliphatic heterocycles. The third-order valence-corrected chi connectivity index (χ3v) is 6.13. The minimum Gasteiger partial charge on any atom is -0.493 e. The van der Waals surface area contributed by atoms with Crippen molar-refractivity contribution < 1.29 is 22.7 Å². The van der Waals surface area contributed by atoms with E-state index in [2.05, 4.69) is 0 Å². The first-order valence-electron chi connectivity index (χ1n) is 8.92. The molecule has 0 spiro atoms. The van der Waals surface area contributed by atoms with E-state index in [-0.39, 0.29) is 11.5 Å². The van der Waals surface area contributed by atoms with Gasteiger partial charge in [0.15, 0.2) is 0 Å². The van der Waals surface area contributed by atoms with Crippen molar-refractivity contribution in [3.8, 4) is 5.75 Å². The van der Waals surface area contributed by atoms with Gasteiger partial charge in [0.2, 0.25) is 10.0 Å². The second-order valence-corrected chi connectivity index (χ2v) is 7.67. The van der Waals surface area contributed by atoms with Crippen molar-refractivity contribution in [1.82, 2.24) is 4.31 Å². The van der Waals surface area contributed by atoms with Crippen molar-refractivity contribution in [2.45, 2.75) is 32.3 Å². The number of carbonyl (C=O) groups is 1. The summed E-state index contributed by atoms with van der Waals surface area (Å²) in [4.78, 5) is 12.4. The van der Waals surface area contributed by atoms with Crippen LogP contribution in [0.1, 0.15) is 36.7 Å². The minimum absolute atomic E-state index is 0.0779. The summed E-state index contributed by atoms with van der Waals surface area (Å²) >= 11 is 0. The molecule has 2 rings (SSSR count). The van der Waals surface area contributed by atoms with Gasteiger partial charge in [-0.15, -0.1) is 0 Å². The normalized spacial score (nSPS) is 11.4. The Morgan fingerprint density at radius 2 is 1.59 bits per heavy atom. The largest absolute Gasteiger partial charge is 0.493 e. The number of hydrogen-bond donors (Lipinski definition) is 0. The zero-order valence-electron chi connectivity index (χ0n) is 15.8. The van der Waals surface area contributed by atoms with Crippen LogP contribution in [0.15, 0.2) is 53.4 Å². The molecule has 0 atom stereocenters. The van der Waals surface area contributed by atoms with Gasteiger partial charge in [-0.1, -0.05) is 32.0 Å². The van der Waals surface area contributed by atoms with Crippen LogP contribution in [-0.2, 0) is 21.4 Å². The molecule has 0 bridgehead atoms. The first kappa shape index (κ1) is 20.9. The van der Waals surface area contributed by atoms with Gasteiger partial charge in [0.1, 0.15) is 12.4 Å². The second kappa shape index (κ2) is 9.53. The first-order chi connectivity index (χ1) is 12.9. The highest BCUT2D eigenvalue weighted by Crippen LogP contribution is 2.20. The average molecular weight is 391 g/mol. The first-order valence-corrected chi connectivity index (χ1v) is 10.4. The molecule has 0 saturated carbocycles. The van der Waals surface area contributed by atoms with E-state index in [0.717, 1.165) is 5.56 Å². The molecule has 7 heteroatoms. The zero-order chi connectivity index (χ0) is 19.9. The lowest BCUT2D eigenvalue weighted by Crippen LogP contribution is -2.30. The van der Waals surface area contributed by atoms with Gasteiger partial charge < -0.3 is 9.47 Å². The maximum atomic E-state index is 12.5. The Morgan fingerprint density at radius 3 is 2.19 bits per heavy atom. The number of rotatable bonds is 9. The molecule has 0 aliphatic rings. The number of hydrogen-bond acceptors (Lipinski definition) is 5. The number of ether oxygens (including phenoxy) is 2. The van der Waals surface area contributed by atoms with Gasteiger partial charge in [0, 0.05) is 18.7 Å². The van der Waals surface area contributed by atoms with Crippen molar-refractivity contribution in [1.29, 1.82) is 0 Å². The highest BCUT2D eigenvalue weighted by atomic mass is 32.2. The molecule has 2 aromatic rings. The van der Waals surface area contributed by atoms with Gasteiger partial charge in [0.05, 0.1) is 17.1 Å². The molecule has 0 aliphatic carbocycles. The van der Waals surface area contributed by atoms with Crippen molar-refractivity contribution in [2.24, 2.45) is 0 Å². The van der Waals surface area contributed by atoms with E-state index in [1.54, 1.807) is 13.8 Å². The van der Waals surface area contributed by atoms with Gasteiger partial charge >= 0.3 is 5.97 Å². The molecular weight excluding hydrogens is 366 g/mol. The Labute approximate surface area is 160 Å². The van der Waals surface area contributed by atoms with E-state index in [1.807, 2.05) is 31.2 Å². The lowest BCUT2D eigenvalue weighted by Gasteiger charge is -2.18. The highest BCUT2D eigenvalue weighted by molar-refractivity contribution is 7.89. The summed E-state index contributed by atoms with van der Waals surface area (Å²) in [5.74, 6) is 0.154. The third-order valence-electron chi connectivity index (χ3n) is 4.06. The molecular formula is C20H25NO5S. The molecule has 0 heterocycles. The van der Waals surface area contributed by atoms with Crippen molar-refractivity contribution in [3.05, 3.63) is 59.7 Å². The fourth-order valence-corrected chi connectivity index (χ4v) is 4.08. The number of nitrogens with zero attached hydrogens (tertiary/aromatic N) is 1. The standard InChI is InChI=1S/C20H25NO5S/c1-4-21(5-2)27(23,24)18-13-11-16(12-14-18)20(22)26-15-17-9-7-8-10-19(17)25-6-3/h7-14H,4-6,15H2,1-3H3. The quantitative estimate of drug-likeness (QED) is 0.612. The van der Waals surface area contributed by atoms with E-state index >= 15 is 0 Å². The number of para-hydroxylation sites is 1. The van der Waals surface area contributed by atoms with E-state index in [0.29, 0.717) is 31.0 Å². The fraction of sp³-hybridized carbons (Fsp3) is 0.350. The third kappa shape index (κ3) is 5.08. The van der Waals surface area contributed by atoms with E-state index in [4.69, 9.17) is 9.47 Å². The van der Waals surface area contributed by atoms with Gasteiger partial charge in [-0.05, 0) is 37.3 Å². The maximum Gasteiger partial charge on any atom is 0.338 e. The molecule has 0 N–H and O–H groups in total. The molecule has 27 heavy (non-hydrogen) atoms. The summed E-state index contributed by atoms with van der Waals surface area (Å²) in [6.45, 7) is 6.84. The molecule has 0 fully saturated rings. The summed E-state index contributed by atoms with van der Waals surface area (Å²) in [7, 11) is -3.55. The summed E-state index contributed by atoms with van der Waals surface area (Å²) in [6, 6.07) is 13.1. The Hall–Kier alpha value is -2.38. The van der Waals surface area contributed by atoms with Crippen LogP contribution in [0.3, 0.4) is 0 Å². The van der Waals surface area contributed by atoms with Crippen LogP contribution < -0.4 is 4.74 Å². The molecule has 0 radical (unpaired) electrons. The second-order valence-electron chi connectivity index (χ2n) is 5.73. The molecule has 146 valence electrons. The van der Waals surface area contributed by atoms with E-state index in [1.165, 1.54) is 28.6 Å². The zero-order valence-corrected chi connectivity index (χ0v) is 16.7. The average Bonchev–Trinajstić information content (AvgIpc) is 2.68. The van der Waals surface area contributed by atoms with Crippen molar-refractivity contribution >= 4 is 16.0 Å². The van der Waals surface area contributed by atoms with Gasteiger partial charge in [0.25, 0.3) is 0 Å². The SMILES string of the molecule is CCOc1ccccc1COC(=O)c1ccc(S(=O)(=O)N(CC)CC)cc1. The van der Waals surface area contributed by atoms with Gasteiger partial charge in [-0.25, -0.2) is 13.2 Å². The predicted molar refractivity (Wildman–Crippen MR) is 103 cm³/mol. The minimum atomic E-state index is -3.55. The van der Waals surface area contributed by atoms with Gasteiger partial charge in [-0.2, -0.15) is 4.31 Å². The summed E-state index contributed by atoms with van der Waals surface area (Å²) in [5.41, 5.74) is 1.07. The number of carbonyl (C=O) groups excluding carboxylic acids is 1. The van der Waals surface area contributed by atoms with Gasteiger partial charge in [-0.3, -0.25) is 0 Å². The molecule has 6 nitrogen and oxygen atoms in total. The number of esters is 1. The Kier molecular flexibility index (Phi) is 7.38. The monoisotopic (exact) mass is 391 g/mol. The Bertz CT molecular complexity index is 858. The molecule has 0 saturated heterocycles. The summed E-state index contributed by atoms with van der Waals surface area (Å²) in [6.07, 6.45) is 0. The Balaban J connectivity index is 2.08. The van der Waals surface area contributed by atoms with E-state index < -0.39 is 16.0 Å². The lowest BCUT2D eigenvalue weighted by molar-refractivity contribution is 0.0469. The summed E-state index contributed by atoms with van der Waals surface area (Å²) in [5, 5.41) is 0. The molecule has 2 aromatic carbocycles. The van der Waals surface area contributed by atoms with Crippen LogP contribution >= 0.6 is 0 Å². The predicted octanol–water partition coefficient (Wildman–Crippen LogP) is 3.47. The van der Waals surface area contributed by atoms with Crippen LogP contribution in [0.5, 0.6) is 5.75 Å². The van der Waals surface area contributed by atoms with Crippen LogP contribution in [0.25, 0.3) is 0 Å². The fourth-order valence-electron chi connectivity index (χ4n) is 2.62. The van der Waals surface area contributed by atoms with Crippen LogP contribution in [0, 0.1) is 0 Å². The maximum absolute atomic E-state index is 12.5.